The summed E-state index contributed by atoms with van der Waals surface area (Å²) in [6.07, 6.45) is 9.30. The monoisotopic (exact) mass is 755 g/mol. The van der Waals surface area contributed by atoms with E-state index in [1.54, 1.807) is 0 Å². The van der Waals surface area contributed by atoms with Gasteiger partial charge in [0.2, 0.25) is 0 Å². The van der Waals surface area contributed by atoms with Crippen LogP contribution in [0.2, 0.25) is 0 Å². The molecule has 4 saturated carbocycles. The lowest BCUT2D eigenvalue weighted by Crippen LogP contribution is -2.62. The van der Waals surface area contributed by atoms with Crippen molar-refractivity contribution in [2.45, 2.75) is 168 Å². The van der Waals surface area contributed by atoms with E-state index in [0.29, 0.717) is 56.7 Å². The number of esters is 2. The highest BCUT2D eigenvalue weighted by atomic mass is 16.6. The van der Waals surface area contributed by atoms with Gasteiger partial charge in [-0.05, 0) is 174 Å². The first-order chi connectivity index (χ1) is 25.4. The van der Waals surface area contributed by atoms with Gasteiger partial charge in [0.25, 0.3) is 0 Å². The van der Waals surface area contributed by atoms with Crippen molar-refractivity contribution in [3.05, 3.63) is 22.3 Å². The molecule has 1 heterocycles. The van der Waals surface area contributed by atoms with Crippen LogP contribution in [-0.2, 0) is 20.7 Å². The lowest BCUT2D eigenvalue weighted by molar-refractivity contribution is -0.207. The molecule has 7 N–H and O–H groups in total. The molecular formula is C44H70N2O8. The predicted octanol–water partition coefficient (Wildman–Crippen LogP) is 5.98. The third-order valence-corrected chi connectivity index (χ3v) is 15.9. The lowest BCUT2D eigenvalue weighted by atomic mass is 9.43. The van der Waals surface area contributed by atoms with E-state index in [4.69, 9.17) is 25.7 Å². The highest BCUT2D eigenvalue weighted by Gasteiger charge is 2.65. The summed E-state index contributed by atoms with van der Waals surface area (Å²) in [7, 11) is 0. The summed E-state index contributed by atoms with van der Waals surface area (Å²) >= 11 is 0. The Labute approximate surface area is 323 Å². The van der Waals surface area contributed by atoms with Crippen LogP contribution in [0.1, 0.15) is 133 Å². The van der Waals surface area contributed by atoms with Gasteiger partial charge in [0.15, 0.2) is 0 Å². The Kier molecular flexibility index (Phi) is 12.2. The molecule has 0 bridgehead atoms. The quantitative estimate of drug-likeness (QED) is 0.0971. The Bertz CT molecular complexity index is 1550. The van der Waals surface area contributed by atoms with E-state index >= 15 is 0 Å². The van der Waals surface area contributed by atoms with Crippen molar-refractivity contribution in [3.63, 3.8) is 0 Å². The molecular weight excluding hydrogens is 684 g/mol. The molecule has 1 unspecified atom stereocenters. The minimum atomic E-state index is -0.704. The molecule has 0 saturated heterocycles. The Hall–Kier alpha value is -2.24. The number of rotatable bonds is 12. The molecule has 1 aliphatic heterocycles. The number of ether oxygens (including phenoxy) is 3. The van der Waals surface area contributed by atoms with Gasteiger partial charge in [-0.1, -0.05) is 27.2 Å². The predicted molar refractivity (Wildman–Crippen MR) is 208 cm³/mol. The molecule has 0 spiro atoms. The van der Waals surface area contributed by atoms with E-state index in [0.717, 1.165) is 79.4 Å². The number of aliphatic hydroxyl groups excluding tert-OH is 3. The van der Waals surface area contributed by atoms with E-state index in [9.17, 15) is 24.9 Å². The van der Waals surface area contributed by atoms with Crippen LogP contribution in [0.5, 0.6) is 11.5 Å². The molecule has 304 valence electrons. The van der Waals surface area contributed by atoms with Crippen molar-refractivity contribution < 1.29 is 39.1 Å². The average Bonchev–Trinajstić information content (AvgIpc) is 3.50. The maximum Gasteiger partial charge on any atom is 0.328 e. The molecule has 4 fully saturated rings. The molecule has 1 aromatic rings. The zero-order chi connectivity index (χ0) is 39.3. The summed E-state index contributed by atoms with van der Waals surface area (Å²) < 4.78 is 18.4. The Morgan fingerprint density at radius 3 is 2.39 bits per heavy atom. The molecule has 1 aromatic carbocycles. The van der Waals surface area contributed by atoms with Gasteiger partial charge in [0.05, 0.1) is 18.3 Å². The normalized spacial score (nSPS) is 38.2. The maximum atomic E-state index is 13.3. The van der Waals surface area contributed by atoms with E-state index in [1.807, 2.05) is 27.7 Å². The van der Waals surface area contributed by atoms with Gasteiger partial charge in [-0.25, -0.2) is 4.79 Å². The van der Waals surface area contributed by atoms with Gasteiger partial charge in [0.1, 0.15) is 29.7 Å². The van der Waals surface area contributed by atoms with Crippen LogP contribution in [0, 0.1) is 67.1 Å². The number of aliphatic hydroxyl groups is 3. The number of carbonyl (C=O) groups is 2. The van der Waals surface area contributed by atoms with Gasteiger partial charge in [-0.2, -0.15) is 0 Å². The van der Waals surface area contributed by atoms with Crippen LogP contribution < -0.4 is 20.9 Å². The van der Waals surface area contributed by atoms with Crippen molar-refractivity contribution >= 4 is 11.9 Å². The number of carbonyl (C=O) groups excluding carboxylic acids is 2. The van der Waals surface area contributed by atoms with E-state index in [2.05, 4.69) is 20.8 Å². The Balaban J connectivity index is 1.04. The minimum absolute atomic E-state index is 0.0483. The number of fused-ring (bicyclic) bond motifs is 6. The van der Waals surface area contributed by atoms with Crippen LogP contribution in [-0.4, -0.2) is 70.4 Å². The molecule has 10 heteroatoms. The summed E-state index contributed by atoms with van der Waals surface area (Å²) in [5.41, 5.74) is 14.4. The van der Waals surface area contributed by atoms with Gasteiger partial charge in [-0.3, -0.25) is 4.79 Å². The molecule has 4 aliphatic carbocycles. The standard InChI is InChI=1S/C44H70N2O8/c1-24(31-12-13-32-38-33(22-36(49)44(31,32)7)43(6)18-15-29(47)20-28(43)21-35(38)48)11-14-37(50)52-23-42(5)17-16-30-27(4)39(25(2)26(3)40(30)54-42)53-41(51)34(46)10-8-9-19-45/h24,28-29,31-36,38,47-49H,8-23,45-46H2,1-7H3/t24?,28-,29+,31+,32-,33-,34-,35+,36-,38-,42-,43-,44+/m0/s1. The average molecular weight is 755 g/mol. The van der Waals surface area contributed by atoms with Crippen molar-refractivity contribution in [2.75, 3.05) is 13.2 Å². The molecule has 0 radical (unpaired) electrons. The summed E-state index contributed by atoms with van der Waals surface area (Å²) in [6, 6.07) is -0.704. The van der Waals surface area contributed by atoms with Crippen molar-refractivity contribution in [1.82, 2.24) is 0 Å². The van der Waals surface area contributed by atoms with Crippen molar-refractivity contribution in [2.24, 2.45) is 57.8 Å². The molecule has 13 atom stereocenters. The fraction of sp³-hybridized carbons (Fsp3) is 0.818. The Morgan fingerprint density at radius 1 is 0.926 bits per heavy atom. The zero-order valence-corrected chi connectivity index (χ0v) is 34.1. The van der Waals surface area contributed by atoms with Gasteiger partial charge in [-0.15, -0.1) is 0 Å². The third-order valence-electron chi connectivity index (χ3n) is 15.9. The van der Waals surface area contributed by atoms with Crippen LogP contribution in [0.25, 0.3) is 0 Å². The van der Waals surface area contributed by atoms with Crippen LogP contribution in [0.3, 0.4) is 0 Å². The number of benzene rings is 1. The summed E-state index contributed by atoms with van der Waals surface area (Å²) in [4.78, 5) is 26.1. The largest absolute Gasteiger partial charge is 0.483 e. The van der Waals surface area contributed by atoms with E-state index in [-0.39, 0.29) is 59.1 Å². The zero-order valence-electron chi connectivity index (χ0n) is 34.1. The number of nitrogens with two attached hydrogens (primary N) is 2. The molecule has 5 aliphatic rings. The molecule has 6 rings (SSSR count). The smallest absolute Gasteiger partial charge is 0.328 e. The van der Waals surface area contributed by atoms with Crippen molar-refractivity contribution in [3.8, 4) is 11.5 Å². The number of hydrogen-bond acceptors (Lipinski definition) is 10. The maximum absolute atomic E-state index is 13.3. The first-order valence-corrected chi connectivity index (χ1v) is 21.1. The second-order valence-corrected chi connectivity index (χ2v) is 19.1. The first kappa shape index (κ1) is 41.4. The second-order valence-electron chi connectivity index (χ2n) is 19.1. The number of unbranched alkanes of at least 4 members (excludes halogenated alkanes) is 1. The second kappa shape index (κ2) is 16.0. The molecule has 54 heavy (non-hydrogen) atoms. The fourth-order valence-corrected chi connectivity index (χ4v) is 12.3. The number of hydrogen-bond donors (Lipinski definition) is 5. The fourth-order valence-electron chi connectivity index (χ4n) is 12.3. The van der Waals surface area contributed by atoms with E-state index < -0.39 is 29.8 Å². The van der Waals surface area contributed by atoms with Crippen LogP contribution in [0.15, 0.2) is 0 Å². The lowest BCUT2D eigenvalue weighted by Gasteiger charge is -2.63. The summed E-state index contributed by atoms with van der Waals surface area (Å²) in [5, 5.41) is 34.0. The first-order valence-electron chi connectivity index (χ1n) is 21.1. The van der Waals surface area contributed by atoms with Gasteiger partial charge in [0, 0.05) is 12.0 Å². The summed E-state index contributed by atoms with van der Waals surface area (Å²) in [5.74, 6) is 2.10. The highest BCUT2D eigenvalue weighted by molar-refractivity contribution is 5.79. The minimum Gasteiger partial charge on any atom is -0.483 e. The molecule has 10 nitrogen and oxygen atoms in total. The SMILES string of the molecule is Cc1c(C)c2c(c(C)c1OC(=O)[C@@H](N)CCCCN)CC[C@@](C)(COC(=O)CCC(C)[C@H]1CC[C@H]3[C@@H]4[C@H](O)C[C@@H]5C[C@H](O)CC[C@]5(C)[C@H]4C[C@H](O)[C@]13C)O2. The van der Waals surface area contributed by atoms with Gasteiger partial charge >= 0.3 is 11.9 Å². The van der Waals surface area contributed by atoms with E-state index in [1.165, 1.54) is 0 Å². The molecule has 0 aromatic heterocycles. The van der Waals surface area contributed by atoms with Crippen LogP contribution >= 0.6 is 0 Å². The van der Waals surface area contributed by atoms with Gasteiger partial charge < -0.3 is 41.0 Å². The van der Waals surface area contributed by atoms with Crippen LogP contribution in [0.4, 0.5) is 0 Å². The molecule has 0 amide bonds. The summed E-state index contributed by atoms with van der Waals surface area (Å²) in [6.45, 7) is 15.4. The topological polar surface area (TPSA) is 175 Å². The van der Waals surface area contributed by atoms with Crippen molar-refractivity contribution in [1.29, 1.82) is 0 Å². The third kappa shape index (κ3) is 7.48. The highest BCUT2D eigenvalue weighted by Crippen LogP contribution is 2.68. The Morgan fingerprint density at radius 2 is 1.67 bits per heavy atom.